The van der Waals surface area contributed by atoms with Crippen LogP contribution in [-0.2, 0) is 52.8 Å². The van der Waals surface area contributed by atoms with Crippen LogP contribution in [-0.4, -0.2) is 126 Å². The van der Waals surface area contributed by atoms with Crippen LogP contribution >= 0.6 is 11.3 Å². The van der Waals surface area contributed by atoms with E-state index < -0.39 is 83.1 Å². The molecule has 3 aliphatic heterocycles. The number of thiazole rings is 1. The molecule has 6 bridgehead atoms. The third kappa shape index (κ3) is 11.3. The molecule has 2 saturated heterocycles. The van der Waals surface area contributed by atoms with E-state index in [1.54, 1.807) is 26.3 Å². The molecule has 0 spiro atoms. The number of halogens is 4. The van der Waals surface area contributed by atoms with Gasteiger partial charge in [-0.05, 0) is 75.6 Å². The summed E-state index contributed by atoms with van der Waals surface area (Å²) >= 11 is 1.20. The standard InChI is InChI=1S/C52H64F4N8O7S/c1-9-63-42-23-38(53)35-22-34(42)37(46(63)36-21-33(62-15-17-70-18-16-62)26-57-44(36)30(4)69-8)25-51(5,6)28-71-50(68)39-11-10-14-64(60-39)49(67)40(24-43-58-41(35)27-72-43)59-47(65)45(29(2)3)61(7)48(66)32-19-31(20-32)12-13-52(54,55)56/h21-23,26-27,29-32,39-40,45,60H,9-11,14-20,24-25,28H2,1-8H3,(H,59,65)/t30-,31?,32?,39-,40-,45-/m0/s1. The van der Waals surface area contributed by atoms with Crippen molar-refractivity contribution in [3.63, 3.8) is 0 Å². The number of aromatic nitrogens is 3. The average molecular weight is 1020 g/mol. The van der Waals surface area contributed by atoms with Gasteiger partial charge in [0, 0.05) is 91.8 Å². The van der Waals surface area contributed by atoms with Gasteiger partial charge in [-0.2, -0.15) is 13.2 Å². The monoisotopic (exact) mass is 1020 g/mol. The first kappa shape index (κ1) is 52.7. The van der Waals surface area contributed by atoms with Crippen molar-refractivity contribution in [3.8, 4) is 34.4 Å². The van der Waals surface area contributed by atoms with Gasteiger partial charge in [0.25, 0.3) is 5.91 Å². The van der Waals surface area contributed by atoms with Gasteiger partial charge in [-0.25, -0.2) is 14.8 Å². The number of esters is 1. The molecule has 3 fully saturated rings. The molecule has 388 valence electrons. The van der Waals surface area contributed by atoms with E-state index in [2.05, 4.69) is 32.2 Å². The minimum absolute atomic E-state index is 0.0110. The van der Waals surface area contributed by atoms with E-state index >= 15 is 4.39 Å². The first-order chi connectivity index (χ1) is 34.2. The van der Waals surface area contributed by atoms with E-state index in [0.717, 1.165) is 27.9 Å². The minimum atomic E-state index is -4.63. The second kappa shape index (κ2) is 21.5. The highest BCUT2D eigenvalue weighted by molar-refractivity contribution is 7.10. The minimum Gasteiger partial charge on any atom is -0.464 e. The number of nitrogens with one attached hydrogen (secondary N) is 2. The summed E-state index contributed by atoms with van der Waals surface area (Å²) in [4.78, 5) is 70.1. The van der Waals surface area contributed by atoms with Crippen LogP contribution in [0, 0.1) is 40.8 Å². The highest BCUT2D eigenvalue weighted by Gasteiger charge is 2.42. The third-order valence-electron chi connectivity index (χ3n) is 14.2. The highest BCUT2D eigenvalue weighted by atomic mass is 32.1. The molecule has 3 amide bonds. The normalized spacial score (nSPS) is 22.6. The second-order valence-corrected chi connectivity index (χ2v) is 21.4. The molecule has 1 aromatic carbocycles. The van der Waals surface area contributed by atoms with Gasteiger partial charge in [-0.15, -0.1) is 11.3 Å². The van der Waals surface area contributed by atoms with Crippen molar-refractivity contribution in [2.24, 2.45) is 23.2 Å². The SMILES string of the molecule is CCn1c(-c2cc(N3CCOCC3)cnc2[C@H](C)OC)c2c3cc(c(F)cc31)-c1csc(n1)C[C@H](NC(=O)[C@H](C(C)C)N(C)C(=O)C1CC(C#CC(F)(F)F)C1)C(=O)N1CCC[C@H](N1)C(=O)OCC(C)(C)C2. The molecule has 15 nitrogen and oxygen atoms in total. The van der Waals surface area contributed by atoms with Gasteiger partial charge in [0.15, 0.2) is 0 Å². The number of nitrogens with zero attached hydrogens (tertiary/aromatic N) is 6. The van der Waals surface area contributed by atoms with Gasteiger partial charge in [-0.1, -0.05) is 33.6 Å². The number of benzene rings is 1. The molecule has 0 unspecified atom stereocenters. The number of rotatable bonds is 10. The van der Waals surface area contributed by atoms with Crippen LogP contribution in [0.2, 0.25) is 0 Å². The zero-order valence-corrected chi connectivity index (χ0v) is 42.9. The van der Waals surface area contributed by atoms with Crippen molar-refractivity contribution in [2.45, 2.75) is 117 Å². The number of hydrazine groups is 1. The summed E-state index contributed by atoms with van der Waals surface area (Å²) in [7, 11) is 3.11. The number of pyridine rings is 1. The third-order valence-corrected chi connectivity index (χ3v) is 15.1. The number of ether oxygens (including phenoxy) is 3. The van der Waals surface area contributed by atoms with Gasteiger partial charge < -0.3 is 33.9 Å². The lowest BCUT2D eigenvalue weighted by Crippen LogP contribution is -2.62. The van der Waals surface area contributed by atoms with Gasteiger partial charge in [0.1, 0.15) is 23.9 Å². The lowest BCUT2D eigenvalue weighted by atomic mass is 9.74. The smallest absolute Gasteiger partial charge is 0.457 e. The maximum atomic E-state index is 16.9. The van der Waals surface area contributed by atoms with Crippen LogP contribution in [0.1, 0.15) is 89.6 Å². The quantitative estimate of drug-likeness (QED) is 0.0936. The van der Waals surface area contributed by atoms with Crippen molar-refractivity contribution < 1.29 is 51.0 Å². The fourth-order valence-corrected chi connectivity index (χ4v) is 11.2. The number of cyclic esters (lactones) is 1. The van der Waals surface area contributed by atoms with Gasteiger partial charge >= 0.3 is 12.1 Å². The molecular formula is C52H64F4N8O7S. The van der Waals surface area contributed by atoms with Crippen molar-refractivity contribution in [3.05, 3.63) is 51.9 Å². The molecule has 72 heavy (non-hydrogen) atoms. The van der Waals surface area contributed by atoms with Crippen LogP contribution in [0.3, 0.4) is 0 Å². The lowest BCUT2D eigenvalue weighted by molar-refractivity contribution is -0.155. The number of fused-ring (bicyclic) bond motifs is 6. The molecule has 2 N–H and O–H groups in total. The fourth-order valence-electron chi connectivity index (χ4n) is 10.4. The van der Waals surface area contributed by atoms with E-state index in [4.69, 9.17) is 24.2 Å². The first-order valence-corrected chi connectivity index (χ1v) is 25.6. The number of aryl methyl sites for hydroxylation is 1. The summed E-state index contributed by atoms with van der Waals surface area (Å²) in [6.45, 7) is 14.7. The van der Waals surface area contributed by atoms with Crippen molar-refractivity contribution in [1.29, 1.82) is 0 Å². The van der Waals surface area contributed by atoms with Crippen LogP contribution in [0.4, 0.5) is 23.2 Å². The van der Waals surface area contributed by atoms with Crippen LogP contribution < -0.4 is 15.6 Å². The Bertz CT molecular complexity index is 2750. The number of hydrogen-bond acceptors (Lipinski definition) is 12. The molecule has 1 saturated carbocycles. The van der Waals surface area contributed by atoms with E-state index in [0.29, 0.717) is 74.0 Å². The van der Waals surface area contributed by atoms with Crippen LogP contribution in [0.15, 0.2) is 29.8 Å². The molecule has 8 rings (SSSR count). The predicted octanol–water partition coefficient (Wildman–Crippen LogP) is 7.25. The topological polar surface area (TPSA) is 160 Å². The van der Waals surface area contributed by atoms with Crippen LogP contribution in [0.5, 0.6) is 0 Å². The zero-order chi connectivity index (χ0) is 51.8. The molecule has 0 radical (unpaired) electrons. The van der Waals surface area contributed by atoms with Crippen molar-refractivity contribution >= 4 is 51.6 Å². The fraction of sp³-hybridized carbons (Fsp3) is 0.577. The number of anilines is 1. The van der Waals surface area contributed by atoms with Gasteiger partial charge in [0.05, 0.1) is 65.4 Å². The average Bonchev–Trinajstić information content (AvgIpc) is 3.91. The first-order valence-electron chi connectivity index (χ1n) is 24.7. The Balaban J connectivity index is 1.18. The van der Waals surface area contributed by atoms with Gasteiger partial charge in [0.2, 0.25) is 11.8 Å². The van der Waals surface area contributed by atoms with E-state index in [1.165, 1.54) is 40.3 Å². The Morgan fingerprint density at radius 2 is 1.83 bits per heavy atom. The number of likely N-dealkylation sites (N-methyl/N-ethyl adjacent to an activating group) is 1. The zero-order valence-electron chi connectivity index (χ0n) is 42.1. The number of carbonyl (C=O) groups excluding carboxylic acids is 4. The summed E-state index contributed by atoms with van der Waals surface area (Å²) in [6.07, 6.45) is -1.78. The van der Waals surface area contributed by atoms with Crippen molar-refractivity contribution in [2.75, 3.05) is 58.5 Å². The number of amides is 3. The maximum absolute atomic E-state index is 16.9. The molecule has 20 heteroatoms. The Hall–Kier alpha value is -5.62. The summed E-state index contributed by atoms with van der Waals surface area (Å²) in [6, 6.07) is 2.28. The number of alkyl halides is 3. The highest BCUT2D eigenvalue weighted by Crippen LogP contribution is 2.44. The summed E-state index contributed by atoms with van der Waals surface area (Å²) in [5.74, 6) is -0.841. The van der Waals surface area contributed by atoms with E-state index in [-0.39, 0.29) is 38.0 Å². The molecule has 4 atom stereocenters. The Morgan fingerprint density at radius 1 is 1.10 bits per heavy atom. The summed E-state index contributed by atoms with van der Waals surface area (Å²) in [5.41, 5.74) is 7.84. The Morgan fingerprint density at radius 3 is 2.51 bits per heavy atom. The molecular weight excluding hydrogens is 957 g/mol. The molecule has 6 heterocycles. The molecule has 3 aromatic heterocycles. The molecule has 4 aliphatic rings. The van der Waals surface area contributed by atoms with Crippen molar-refractivity contribution in [1.82, 2.24) is 35.2 Å². The largest absolute Gasteiger partial charge is 0.464 e. The second-order valence-electron chi connectivity index (χ2n) is 20.4. The van der Waals surface area contributed by atoms with Gasteiger partial charge in [-0.3, -0.25) is 29.2 Å². The Kier molecular flexibility index (Phi) is 15.7. The van der Waals surface area contributed by atoms with E-state index in [1.807, 2.05) is 40.0 Å². The number of morpholine rings is 1. The summed E-state index contributed by atoms with van der Waals surface area (Å²) < 4.78 is 74.8. The lowest BCUT2D eigenvalue weighted by Gasteiger charge is -2.39. The number of hydrogen-bond donors (Lipinski definition) is 2. The molecule has 1 aliphatic carbocycles. The molecule has 4 aromatic rings. The number of carbonyl (C=O) groups is 4. The maximum Gasteiger partial charge on any atom is 0.457 e. The van der Waals surface area contributed by atoms with E-state index in [9.17, 15) is 32.3 Å². The number of methoxy groups -OCH3 is 1. The summed E-state index contributed by atoms with van der Waals surface area (Å²) in [5, 5.41) is 7.13. The Labute approximate surface area is 421 Å². The predicted molar refractivity (Wildman–Crippen MR) is 264 cm³/mol. The van der Waals surface area contributed by atoms with Crippen LogP contribution in [0.25, 0.3) is 33.4 Å².